The molecule has 1 aliphatic rings. The molecule has 0 bridgehead atoms. The average Bonchev–Trinajstić information content (AvgIpc) is 3.15. The fourth-order valence-electron chi connectivity index (χ4n) is 2.39. The number of carbonyl (C=O) groups is 1. The number of benzene rings is 1. The first kappa shape index (κ1) is 15.6. The van der Waals surface area contributed by atoms with Crippen LogP contribution in [0.2, 0.25) is 0 Å². The van der Waals surface area contributed by atoms with Crippen LogP contribution in [0, 0.1) is 5.92 Å². The average molecular weight is 301 g/mol. The van der Waals surface area contributed by atoms with E-state index in [1.54, 1.807) is 0 Å². The smallest absolute Gasteiger partial charge is 0.349 e. The number of hydrazine groups is 1. The molecule has 2 rings (SSSR count). The number of nitrogen functional groups attached to an aromatic ring is 1. The molecule has 0 spiro atoms. The monoisotopic (exact) mass is 301 g/mol. The predicted molar refractivity (Wildman–Crippen MR) is 73.5 cm³/mol. The van der Waals surface area contributed by atoms with E-state index in [1.165, 1.54) is 0 Å². The maximum Gasteiger partial charge on any atom is 0.416 e. The van der Waals surface area contributed by atoms with Crippen LogP contribution in [0.3, 0.4) is 0 Å². The third-order valence-electron chi connectivity index (χ3n) is 3.65. The zero-order chi connectivity index (χ0) is 15.6. The van der Waals surface area contributed by atoms with E-state index in [4.69, 9.17) is 5.84 Å². The Bertz CT molecular complexity index is 531. The highest BCUT2D eigenvalue weighted by Gasteiger charge is 2.38. The van der Waals surface area contributed by atoms with Gasteiger partial charge < -0.3 is 10.7 Å². The molecule has 4 N–H and O–H groups in total. The SMILES string of the molecule is CCCC1CC1NC(=O)c1cc(C(F)(F)F)ccc1NN. The highest BCUT2D eigenvalue weighted by atomic mass is 19.4. The van der Waals surface area contributed by atoms with Gasteiger partial charge in [0.15, 0.2) is 0 Å². The fourth-order valence-corrected chi connectivity index (χ4v) is 2.39. The van der Waals surface area contributed by atoms with Crippen LogP contribution < -0.4 is 16.6 Å². The molecule has 1 aliphatic carbocycles. The largest absolute Gasteiger partial charge is 0.416 e. The Morgan fingerprint density at radius 1 is 1.43 bits per heavy atom. The lowest BCUT2D eigenvalue weighted by atomic mass is 10.1. The standard InChI is InChI=1S/C14H18F3N3O/c1-2-3-8-6-12(8)19-13(21)10-7-9(14(15,16)17)4-5-11(10)20-18/h4-5,7-8,12,20H,2-3,6,18H2,1H3,(H,19,21). The number of amides is 1. The molecule has 2 atom stereocenters. The van der Waals surface area contributed by atoms with Crippen LogP contribution in [-0.2, 0) is 6.18 Å². The van der Waals surface area contributed by atoms with E-state index in [-0.39, 0.29) is 17.3 Å². The van der Waals surface area contributed by atoms with Gasteiger partial charge in [0.25, 0.3) is 5.91 Å². The van der Waals surface area contributed by atoms with Crippen molar-refractivity contribution >= 4 is 11.6 Å². The number of nitrogens with one attached hydrogen (secondary N) is 2. The zero-order valence-corrected chi connectivity index (χ0v) is 11.6. The van der Waals surface area contributed by atoms with Gasteiger partial charge in [0.2, 0.25) is 0 Å². The highest BCUT2D eigenvalue weighted by molar-refractivity contribution is 6.00. The predicted octanol–water partition coefficient (Wildman–Crippen LogP) is 2.91. The Labute approximate surface area is 120 Å². The Morgan fingerprint density at radius 2 is 2.14 bits per heavy atom. The minimum absolute atomic E-state index is 0.0533. The molecule has 1 saturated carbocycles. The summed E-state index contributed by atoms with van der Waals surface area (Å²) in [6.07, 6.45) is -1.58. The summed E-state index contributed by atoms with van der Waals surface area (Å²) in [6.45, 7) is 2.06. The van der Waals surface area contributed by atoms with Crippen LogP contribution in [0.5, 0.6) is 0 Å². The molecule has 0 aromatic heterocycles. The number of halogens is 3. The molecule has 4 nitrogen and oxygen atoms in total. The van der Waals surface area contributed by atoms with E-state index in [2.05, 4.69) is 17.7 Å². The third kappa shape index (κ3) is 3.66. The number of anilines is 1. The summed E-state index contributed by atoms with van der Waals surface area (Å²) in [5.41, 5.74) is 1.47. The molecule has 116 valence electrons. The third-order valence-corrected chi connectivity index (χ3v) is 3.65. The molecule has 0 radical (unpaired) electrons. The summed E-state index contributed by atoms with van der Waals surface area (Å²) in [7, 11) is 0. The van der Waals surface area contributed by atoms with Crippen molar-refractivity contribution in [2.45, 2.75) is 38.4 Å². The van der Waals surface area contributed by atoms with Crippen LogP contribution in [0.1, 0.15) is 42.1 Å². The van der Waals surface area contributed by atoms with E-state index in [9.17, 15) is 18.0 Å². The Hall–Kier alpha value is -1.76. The normalized spacial score (nSPS) is 21.0. The van der Waals surface area contributed by atoms with E-state index in [0.29, 0.717) is 5.92 Å². The topological polar surface area (TPSA) is 67.2 Å². The molecule has 1 fully saturated rings. The summed E-state index contributed by atoms with van der Waals surface area (Å²) < 4.78 is 38.2. The van der Waals surface area contributed by atoms with Gasteiger partial charge in [0.05, 0.1) is 16.8 Å². The number of alkyl halides is 3. The Morgan fingerprint density at radius 3 is 2.71 bits per heavy atom. The minimum Gasteiger partial charge on any atom is -0.349 e. The lowest BCUT2D eigenvalue weighted by Crippen LogP contribution is -2.28. The van der Waals surface area contributed by atoms with Crippen LogP contribution in [0.15, 0.2) is 18.2 Å². The van der Waals surface area contributed by atoms with Crippen molar-refractivity contribution in [3.63, 3.8) is 0 Å². The molecule has 0 aliphatic heterocycles. The Balaban J connectivity index is 2.15. The summed E-state index contributed by atoms with van der Waals surface area (Å²) in [4.78, 5) is 12.1. The van der Waals surface area contributed by atoms with Crippen LogP contribution in [0.25, 0.3) is 0 Å². The summed E-state index contributed by atoms with van der Waals surface area (Å²) >= 11 is 0. The molecular weight excluding hydrogens is 283 g/mol. The van der Waals surface area contributed by atoms with E-state index < -0.39 is 17.6 Å². The van der Waals surface area contributed by atoms with Gasteiger partial charge in [-0.05, 0) is 37.0 Å². The van der Waals surface area contributed by atoms with Crippen molar-refractivity contribution in [1.29, 1.82) is 0 Å². The molecule has 0 saturated heterocycles. The van der Waals surface area contributed by atoms with E-state index in [1.807, 2.05) is 0 Å². The van der Waals surface area contributed by atoms with Gasteiger partial charge in [-0.1, -0.05) is 13.3 Å². The lowest BCUT2D eigenvalue weighted by molar-refractivity contribution is -0.137. The second kappa shape index (κ2) is 5.93. The van der Waals surface area contributed by atoms with E-state index >= 15 is 0 Å². The van der Waals surface area contributed by atoms with Crippen molar-refractivity contribution in [3.8, 4) is 0 Å². The Kier molecular flexibility index (Phi) is 4.41. The van der Waals surface area contributed by atoms with Gasteiger partial charge in [-0.3, -0.25) is 10.6 Å². The molecule has 7 heteroatoms. The molecule has 1 aromatic rings. The van der Waals surface area contributed by atoms with Gasteiger partial charge in [0.1, 0.15) is 0 Å². The van der Waals surface area contributed by atoms with Crippen LogP contribution in [-0.4, -0.2) is 11.9 Å². The fraction of sp³-hybridized carbons (Fsp3) is 0.500. The zero-order valence-electron chi connectivity index (χ0n) is 11.6. The van der Waals surface area contributed by atoms with Crippen LogP contribution >= 0.6 is 0 Å². The first-order valence-corrected chi connectivity index (χ1v) is 6.85. The quantitative estimate of drug-likeness (QED) is 0.578. The number of carbonyl (C=O) groups excluding carboxylic acids is 1. The number of hydrogen-bond donors (Lipinski definition) is 3. The van der Waals surface area contributed by atoms with Crippen molar-refractivity contribution in [3.05, 3.63) is 29.3 Å². The second-order valence-corrected chi connectivity index (χ2v) is 5.27. The first-order chi connectivity index (χ1) is 9.86. The van der Waals surface area contributed by atoms with Crippen molar-refractivity contribution in [2.24, 2.45) is 11.8 Å². The lowest BCUT2D eigenvalue weighted by Gasteiger charge is -2.13. The van der Waals surface area contributed by atoms with Gasteiger partial charge in [-0.2, -0.15) is 13.2 Å². The molecule has 0 heterocycles. The van der Waals surface area contributed by atoms with E-state index in [0.717, 1.165) is 37.5 Å². The first-order valence-electron chi connectivity index (χ1n) is 6.85. The van der Waals surface area contributed by atoms with Crippen molar-refractivity contribution < 1.29 is 18.0 Å². The maximum atomic E-state index is 12.7. The van der Waals surface area contributed by atoms with Crippen molar-refractivity contribution in [2.75, 3.05) is 5.43 Å². The van der Waals surface area contributed by atoms with Gasteiger partial charge in [-0.25, -0.2) is 0 Å². The summed E-state index contributed by atoms with van der Waals surface area (Å²) in [5.74, 6) is 5.16. The minimum atomic E-state index is -4.49. The number of rotatable bonds is 5. The maximum absolute atomic E-state index is 12.7. The summed E-state index contributed by atoms with van der Waals surface area (Å²) in [6, 6.07) is 2.93. The number of hydrogen-bond acceptors (Lipinski definition) is 3. The van der Waals surface area contributed by atoms with Gasteiger partial charge in [-0.15, -0.1) is 0 Å². The highest BCUT2D eigenvalue weighted by Crippen LogP contribution is 2.36. The molecule has 1 aromatic carbocycles. The van der Waals surface area contributed by atoms with Crippen LogP contribution in [0.4, 0.5) is 18.9 Å². The molecular formula is C14H18F3N3O. The summed E-state index contributed by atoms with van der Waals surface area (Å²) in [5, 5.41) is 2.76. The van der Waals surface area contributed by atoms with Crippen molar-refractivity contribution in [1.82, 2.24) is 5.32 Å². The number of nitrogens with two attached hydrogens (primary N) is 1. The second-order valence-electron chi connectivity index (χ2n) is 5.27. The molecule has 1 amide bonds. The van der Waals surface area contributed by atoms with Gasteiger partial charge >= 0.3 is 6.18 Å². The van der Waals surface area contributed by atoms with Gasteiger partial charge in [0, 0.05) is 6.04 Å². The molecule has 2 unspecified atom stereocenters. The molecule has 21 heavy (non-hydrogen) atoms.